The summed E-state index contributed by atoms with van der Waals surface area (Å²) in [6, 6.07) is 15.3. The maximum Gasteiger partial charge on any atom is 0.239 e. The molecule has 5 heteroatoms. The predicted octanol–water partition coefficient (Wildman–Crippen LogP) is 2.99. The average Bonchev–Trinajstić information content (AvgIpc) is 2.60. The van der Waals surface area contributed by atoms with Crippen LogP contribution < -0.4 is 20.1 Å². The molecule has 2 aromatic rings. The molecule has 2 N–H and O–H groups in total. The van der Waals surface area contributed by atoms with E-state index in [4.69, 9.17) is 9.47 Å². The number of carbonyl (C=O) groups excluding carboxylic acids is 1. The molecule has 0 spiro atoms. The molecule has 2 aromatic carbocycles. The number of hydrogen-bond acceptors (Lipinski definition) is 4. The highest BCUT2D eigenvalue weighted by atomic mass is 16.5. The minimum absolute atomic E-state index is 0.0316. The molecular weight excluding hydrogens is 292 g/mol. The van der Waals surface area contributed by atoms with Crippen molar-refractivity contribution in [1.82, 2.24) is 5.32 Å². The van der Waals surface area contributed by atoms with Gasteiger partial charge < -0.3 is 20.1 Å². The summed E-state index contributed by atoms with van der Waals surface area (Å²) in [5.74, 6) is 1.20. The fourth-order valence-corrected chi connectivity index (χ4v) is 2.25. The molecule has 0 aliphatic rings. The third kappa shape index (κ3) is 4.64. The van der Waals surface area contributed by atoms with E-state index < -0.39 is 0 Å². The summed E-state index contributed by atoms with van der Waals surface area (Å²) in [7, 11) is 3.17. The lowest BCUT2D eigenvalue weighted by molar-refractivity contribution is -0.120. The first kappa shape index (κ1) is 16.7. The van der Waals surface area contributed by atoms with Crippen LogP contribution in [0.3, 0.4) is 0 Å². The summed E-state index contributed by atoms with van der Waals surface area (Å²) < 4.78 is 10.4. The second kappa shape index (κ2) is 8.08. The quantitative estimate of drug-likeness (QED) is 0.825. The van der Waals surface area contributed by atoms with E-state index in [0.29, 0.717) is 11.5 Å². The number of hydrogen-bond donors (Lipinski definition) is 2. The lowest BCUT2D eigenvalue weighted by Crippen LogP contribution is -2.32. The van der Waals surface area contributed by atoms with Crippen LogP contribution in [0.25, 0.3) is 0 Å². The molecule has 0 aliphatic heterocycles. The summed E-state index contributed by atoms with van der Waals surface area (Å²) in [5.41, 5.74) is 1.87. The van der Waals surface area contributed by atoms with Crippen LogP contribution in [0.4, 0.5) is 5.69 Å². The van der Waals surface area contributed by atoms with Gasteiger partial charge in [0.2, 0.25) is 5.91 Å². The van der Waals surface area contributed by atoms with Gasteiger partial charge in [-0.2, -0.15) is 0 Å². The summed E-state index contributed by atoms with van der Waals surface area (Å²) in [5, 5.41) is 6.04. The maximum absolute atomic E-state index is 12.0. The number of amides is 1. The highest BCUT2D eigenvalue weighted by Crippen LogP contribution is 2.29. The van der Waals surface area contributed by atoms with Gasteiger partial charge in [-0.1, -0.05) is 30.3 Å². The van der Waals surface area contributed by atoms with E-state index in [9.17, 15) is 4.79 Å². The van der Waals surface area contributed by atoms with Crippen molar-refractivity contribution in [2.24, 2.45) is 0 Å². The molecule has 23 heavy (non-hydrogen) atoms. The largest absolute Gasteiger partial charge is 0.493 e. The van der Waals surface area contributed by atoms with Crippen molar-refractivity contribution in [3.05, 3.63) is 54.1 Å². The molecule has 0 bridgehead atoms. The molecule has 1 atom stereocenters. The van der Waals surface area contributed by atoms with Crippen molar-refractivity contribution < 1.29 is 14.3 Å². The first-order valence-electron chi connectivity index (χ1n) is 7.44. The molecule has 5 nitrogen and oxygen atoms in total. The molecule has 0 saturated carbocycles. The van der Waals surface area contributed by atoms with Crippen molar-refractivity contribution in [1.29, 1.82) is 0 Å². The fraction of sp³-hybridized carbons (Fsp3) is 0.278. The van der Waals surface area contributed by atoms with Crippen LogP contribution in [0, 0.1) is 0 Å². The third-order valence-corrected chi connectivity index (χ3v) is 3.51. The van der Waals surface area contributed by atoms with Crippen LogP contribution >= 0.6 is 0 Å². The van der Waals surface area contributed by atoms with Gasteiger partial charge in [0.25, 0.3) is 0 Å². The molecule has 1 unspecified atom stereocenters. The van der Waals surface area contributed by atoms with Crippen molar-refractivity contribution in [3.63, 3.8) is 0 Å². The topological polar surface area (TPSA) is 59.6 Å². The number of ether oxygens (including phenoxy) is 2. The zero-order valence-corrected chi connectivity index (χ0v) is 13.6. The minimum atomic E-state index is -0.0730. The first-order valence-corrected chi connectivity index (χ1v) is 7.44. The van der Waals surface area contributed by atoms with Gasteiger partial charge in [-0.3, -0.25) is 4.79 Å². The molecule has 0 aliphatic carbocycles. The van der Waals surface area contributed by atoms with E-state index in [1.165, 1.54) is 0 Å². The Kier molecular flexibility index (Phi) is 5.86. The van der Waals surface area contributed by atoms with E-state index in [2.05, 4.69) is 10.6 Å². The molecule has 122 valence electrons. The lowest BCUT2D eigenvalue weighted by Gasteiger charge is -2.15. The molecular formula is C18H22N2O3. The first-order chi connectivity index (χ1) is 11.1. The van der Waals surface area contributed by atoms with Gasteiger partial charge in [-0.15, -0.1) is 0 Å². The van der Waals surface area contributed by atoms with Gasteiger partial charge in [0.05, 0.1) is 26.8 Å². The number of methoxy groups -OCH3 is 2. The van der Waals surface area contributed by atoms with Gasteiger partial charge in [0, 0.05) is 11.8 Å². The third-order valence-electron chi connectivity index (χ3n) is 3.51. The summed E-state index contributed by atoms with van der Waals surface area (Å²) in [6.07, 6.45) is 0. The highest BCUT2D eigenvalue weighted by Gasteiger charge is 2.10. The van der Waals surface area contributed by atoms with Crippen molar-refractivity contribution in [3.8, 4) is 11.5 Å². The zero-order valence-electron chi connectivity index (χ0n) is 13.6. The number of nitrogens with one attached hydrogen (secondary N) is 2. The Bertz CT molecular complexity index is 644. The summed E-state index contributed by atoms with van der Waals surface area (Å²) in [6.45, 7) is 2.15. The Balaban J connectivity index is 1.89. The van der Waals surface area contributed by atoms with E-state index in [0.717, 1.165) is 11.3 Å². The standard InChI is InChI=1S/C18H22N2O3/c1-13(14-7-5-4-6-8-14)20-18(21)12-19-15-9-10-16(22-2)17(11-15)23-3/h4-11,13,19H,12H2,1-3H3,(H,20,21). The molecule has 1 amide bonds. The van der Waals surface area contributed by atoms with Gasteiger partial charge in [-0.25, -0.2) is 0 Å². The minimum Gasteiger partial charge on any atom is -0.493 e. The summed E-state index contributed by atoms with van der Waals surface area (Å²) in [4.78, 5) is 12.0. The number of benzene rings is 2. The van der Waals surface area contributed by atoms with Crippen LogP contribution in [0.5, 0.6) is 11.5 Å². The molecule has 0 heterocycles. The second-order valence-electron chi connectivity index (χ2n) is 5.12. The number of anilines is 1. The normalized spacial score (nSPS) is 11.4. The highest BCUT2D eigenvalue weighted by molar-refractivity contribution is 5.81. The fourth-order valence-electron chi connectivity index (χ4n) is 2.25. The van der Waals surface area contributed by atoms with Crippen LogP contribution in [0.15, 0.2) is 48.5 Å². The Hall–Kier alpha value is -2.69. The van der Waals surface area contributed by atoms with Gasteiger partial charge in [0.15, 0.2) is 11.5 Å². The Labute approximate surface area is 136 Å². The van der Waals surface area contributed by atoms with Crippen LogP contribution in [-0.4, -0.2) is 26.7 Å². The maximum atomic E-state index is 12.0. The zero-order chi connectivity index (χ0) is 16.7. The van der Waals surface area contributed by atoms with E-state index >= 15 is 0 Å². The average molecular weight is 314 g/mol. The van der Waals surface area contributed by atoms with E-state index in [-0.39, 0.29) is 18.5 Å². The van der Waals surface area contributed by atoms with Crippen molar-refractivity contribution >= 4 is 11.6 Å². The molecule has 0 fully saturated rings. The van der Waals surface area contributed by atoms with Gasteiger partial charge in [-0.05, 0) is 24.6 Å². The number of rotatable bonds is 7. The Morgan fingerprint density at radius 1 is 1.04 bits per heavy atom. The number of carbonyl (C=O) groups is 1. The van der Waals surface area contributed by atoms with Crippen molar-refractivity contribution in [2.45, 2.75) is 13.0 Å². The van der Waals surface area contributed by atoms with Gasteiger partial charge >= 0.3 is 0 Å². The van der Waals surface area contributed by atoms with Crippen LogP contribution in [-0.2, 0) is 4.79 Å². The van der Waals surface area contributed by atoms with Crippen LogP contribution in [0.1, 0.15) is 18.5 Å². The SMILES string of the molecule is COc1ccc(NCC(=O)NC(C)c2ccccc2)cc1OC. The van der Waals surface area contributed by atoms with Gasteiger partial charge in [0.1, 0.15) is 0 Å². The molecule has 0 aromatic heterocycles. The summed E-state index contributed by atoms with van der Waals surface area (Å²) >= 11 is 0. The van der Waals surface area contributed by atoms with Crippen LogP contribution in [0.2, 0.25) is 0 Å². The van der Waals surface area contributed by atoms with Crippen molar-refractivity contribution in [2.75, 3.05) is 26.1 Å². The predicted molar refractivity (Wildman–Crippen MR) is 91.0 cm³/mol. The molecule has 0 saturated heterocycles. The lowest BCUT2D eigenvalue weighted by atomic mass is 10.1. The Morgan fingerprint density at radius 3 is 2.39 bits per heavy atom. The van der Waals surface area contributed by atoms with E-state index in [1.54, 1.807) is 26.4 Å². The monoisotopic (exact) mass is 314 g/mol. The molecule has 2 rings (SSSR count). The Morgan fingerprint density at radius 2 is 1.74 bits per heavy atom. The second-order valence-corrected chi connectivity index (χ2v) is 5.12. The molecule has 0 radical (unpaired) electrons. The van der Waals surface area contributed by atoms with E-state index in [1.807, 2.05) is 43.3 Å². The smallest absolute Gasteiger partial charge is 0.239 e.